The number of aryl methyl sites for hydroxylation is 2. The fraction of sp³-hybridized carbons (Fsp3) is 0.571. The summed E-state index contributed by atoms with van der Waals surface area (Å²) < 4.78 is 5.72. The van der Waals surface area contributed by atoms with Gasteiger partial charge in [-0.1, -0.05) is 11.6 Å². The highest BCUT2D eigenvalue weighted by molar-refractivity contribution is 6.32. The van der Waals surface area contributed by atoms with E-state index in [1.165, 1.54) is 0 Å². The van der Waals surface area contributed by atoms with Crippen molar-refractivity contribution in [3.8, 4) is 5.75 Å². The van der Waals surface area contributed by atoms with Gasteiger partial charge in [0.2, 0.25) is 0 Å². The Morgan fingerprint density at radius 2 is 2.00 bits per heavy atom. The third kappa shape index (κ3) is 4.25. The molecule has 1 aliphatic rings. The average Bonchev–Trinajstić information content (AvgIpc) is 2.34. The van der Waals surface area contributed by atoms with Crippen LogP contribution in [0.25, 0.3) is 0 Å². The number of ether oxygens (including phenoxy) is 1. The van der Waals surface area contributed by atoms with Crippen molar-refractivity contribution >= 4 is 24.0 Å². The Balaban J connectivity index is 0.00000180. The first-order chi connectivity index (χ1) is 8.50. The molecule has 19 heavy (non-hydrogen) atoms. The van der Waals surface area contributed by atoms with Crippen LogP contribution in [0.4, 0.5) is 0 Å². The maximum atomic E-state index is 10.3. The van der Waals surface area contributed by atoms with E-state index in [9.17, 15) is 5.11 Å². The summed E-state index contributed by atoms with van der Waals surface area (Å²) in [6.07, 6.45) is 1.77. The van der Waals surface area contributed by atoms with Crippen molar-refractivity contribution < 1.29 is 9.84 Å². The normalized spacial score (nSPS) is 22.7. The molecule has 0 saturated carbocycles. The molecule has 2 rings (SSSR count). The van der Waals surface area contributed by atoms with Crippen molar-refractivity contribution in [2.75, 3.05) is 19.7 Å². The van der Waals surface area contributed by atoms with Crippen LogP contribution in [0.5, 0.6) is 5.75 Å². The van der Waals surface area contributed by atoms with E-state index in [-0.39, 0.29) is 12.4 Å². The Bertz CT molecular complexity index is 408. The molecule has 108 valence electrons. The van der Waals surface area contributed by atoms with Gasteiger partial charge in [0.15, 0.2) is 0 Å². The average molecular weight is 306 g/mol. The summed E-state index contributed by atoms with van der Waals surface area (Å²) in [5.74, 6) is 0.772. The standard InChI is InChI=1S/C14H20ClNO2.ClH/c1-10-6-12(7-11(2)13(10)15)18-9-14(17)4-3-5-16-8-14;/h6-7,16-17H,3-5,8-9H2,1-2H3;1H. The van der Waals surface area contributed by atoms with Crippen LogP contribution in [-0.4, -0.2) is 30.4 Å². The quantitative estimate of drug-likeness (QED) is 0.902. The zero-order valence-electron chi connectivity index (χ0n) is 11.3. The Kier molecular flexibility index (Phi) is 5.93. The second-order valence-electron chi connectivity index (χ2n) is 5.16. The lowest BCUT2D eigenvalue weighted by Crippen LogP contribution is -2.49. The molecule has 2 N–H and O–H groups in total. The highest BCUT2D eigenvalue weighted by Gasteiger charge is 2.30. The van der Waals surface area contributed by atoms with E-state index in [2.05, 4.69) is 5.32 Å². The van der Waals surface area contributed by atoms with Gasteiger partial charge in [0, 0.05) is 11.6 Å². The first-order valence-electron chi connectivity index (χ1n) is 6.33. The Hall–Kier alpha value is -0.480. The van der Waals surface area contributed by atoms with Crippen LogP contribution < -0.4 is 10.1 Å². The summed E-state index contributed by atoms with van der Waals surface area (Å²) in [5.41, 5.74) is 1.25. The lowest BCUT2D eigenvalue weighted by atomic mass is 9.95. The number of hydrogen-bond acceptors (Lipinski definition) is 3. The van der Waals surface area contributed by atoms with Crippen LogP contribution in [0.2, 0.25) is 5.02 Å². The van der Waals surface area contributed by atoms with Gasteiger partial charge < -0.3 is 15.2 Å². The molecule has 1 heterocycles. The number of hydrogen-bond donors (Lipinski definition) is 2. The number of halogens is 2. The molecule has 0 radical (unpaired) electrons. The maximum Gasteiger partial charge on any atom is 0.120 e. The first kappa shape index (κ1) is 16.6. The molecule has 0 bridgehead atoms. The lowest BCUT2D eigenvalue weighted by Gasteiger charge is -2.32. The largest absolute Gasteiger partial charge is 0.491 e. The second-order valence-corrected chi connectivity index (χ2v) is 5.54. The summed E-state index contributed by atoms with van der Waals surface area (Å²) in [7, 11) is 0. The van der Waals surface area contributed by atoms with Crippen LogP contribution >= 0.6 is 24.0 Å². The minimum atomic E-state index is -0.750. The predicted molar refractivity (Wildman–Crippen MR) is 80.7 cm³/mol. The topological polar surface area (TPSA) is 41.5 Å². The van der Waals surface area contributed by atoms with Crippen LogP contribution in [0, 0.1) is 13.8 Å². The molecule has 0 aliphatic carbocycles. The molecule has 0 aromatic heterocycles. The van der Waals surface area contributed by atoms with Gasteiger partial charge in [-0.3, -0.25) is 0 Å². The van der Waals surface area contributed by atoms with E-state index in [1.807, 2.05) is 26.0 Å². The van der Waals surface area contributed by atoms with Crippen molar-refractivity contribution in [3.05, 3.63) is 28.3 Å². The van der Waals surface area contributed by atoms with Crippen LogP contribution in [-0.2, 0) is 0 Å². The minimum absolute atomic E-state index is 0. The van der Waals surface area contributed by atoms with Gasteiger partial charge >= 0.3 is 0 Å². The molecule has 1 fully saturated rings. The summed E-state index contributed by atoms with van der Waals surface area (Å²) in [6, 6.07) is 3.82. The Morgan fingerprint density at radius 1 is 1.37 bits per heavy atom. The molecule has 0 amide bonds. The third-order valence-electron chi connectivity index (χ3n) is 3.37. The molecule has 1 saturated heterocycles. The summed E-state index contributed by atoms with van der Waals surface area (Å²) in [4.78, 5) is 0. The monoisotopic (exact) mass is 305 g/mol. The summed E-state index contributed by atoms with van der Waals surface area (Å²) in [6.45, 7) is 5.80. The number of β-amino-alcohol motifs (C(OH)–C–C–N with tert-alkyl or cyclic N) is 1. The number of nitrogens with one attached hydrogen (secondary N) is 1. The van der Waals surface area contributed by atoms with Crippen LogP contribution in [0.3, 0.4) is 0 Å². The fourth-order valence-corrected chi connectivity index (χ4v) is 2.39. The fourth-order valence-electron chi connectivity index (χ4n) is 2.28. The van der Waals surface area contributed by atoms with Crippen LogP contribution in [0.1, 0.15) is 24.0 Å². The van der Waals surface area contributed by atoms with Gasteiger partial charge in [0.1, 0.15) is 18.0 Å². The lowest BCUT2D eigenvalue weighted by molar-refractivity contribution is -0.0230. The van der Waals surface area contributed by atoms with E-state index in [1.54, 1.807) is 0 Å². The minimum Gasteiger partial charge on any atom is -0.491 e. The molecule has 1 aliphatic heterocycles. The third-order valence-corrected chi connectivity index (χ3v) is 3.96. The van der Waals surface area contributed by atoms with Crippen molar-refractivity contribution in [1.82, 2.24) is 5.32 Å². The number of piperidine rings is 1. The molecule has 1 unspecified atom stereocenters. The molecule has 5 heteroatoms. The van der Waals surface area contributed by atoms with Crippen molar-refractivity contribution in [3.63, 3.8) is 0 Å². The smallest absolute Gasteiger partial charge is 0.120 e. The van der Waals surface area contributed by atoms with Crippen molar-refractivity contribution in [1.29, 1.82) is 0 Å². The van der Waals surface area contributed by atoms with E-state index < -0.39 is 5.60 Å². The van der Waals surface area contributed by atoms with E-state index in [4.69, 9.17) is 16.3 Å². The number of rotatable bonds is 3. The highest BCUT2D eigenvalue weighted by Crippen LogP contribution is 2.27. The molecule has 0 spiro atoms. The Labute approximate surface area is 125 Å². The Morgan fingerprint density at radius 3 is 2.53 bits per heavy atom. The SMILES string of the molecule is Cc1cc(OCC2(O)CCCNC2)cc(C)c1Cl.Cl. The molecular formula is C14H21Cl2NO2. The second kappa shape index (κ2) is 6.80. The molecule has 1 atom stereocenters. The van der Waals surface area contributed by atoms with Crippen molar-refractivity contribution in [2.45, 2.75) is 32.3 Å². The number of benzene rings is 1. The number of aliphatic hydroxyl groups is 1. The summed E-state index contributed by atoms with van der Waals surface area (Å²) in [5, 5.41) is 14.3. The zero-order valence-corrected chi connectivity index (χ0v) is 12.9. The predicted octanol–water partition coefficient (Wildman–Crippen LogP) is 2.87. The first-order valence-corrected chi connectivity index (χ1v) is 6.71. The summed E-state index contributed by atoms with van der Waals surface area (Å²) >= 11 is 6.11. The van der Waals surface area contributed by atoms with Gasteiger partial charge in [0.25, 0.3) is 0 Å². The molecule has 1 aromatic rings. The van der Waals surface area contributed by atoms with Gasteiger partial charge in [0.05, 0.1) is 0 Å². The molecular weight excluding hydrogens is 285 g/mol. The van der Waals surface area contributed by atoms with Gasteiger partial charge in [-0.25, -0.2) is 0 Å². The van der Waals surface area contributed by atoms with Crippen LogP contribution in [0.15, 0.2) is 12.1 Å². The zero-order chi connectivity index (χ0) is 13.2. The maximum absolute atomic E-state index is 10.3. The van der Waals surface area contributed by atoms with Gasteiger partial charge in [-0.05, 0) is 56.5 Å². The molecule has 3 nitrogen and oxygen atoms in total. The van der Waals surface area contributed by atoms with Gasteiger partial charge in [-0.2, -0.15) is 0 Å². The van der Waals surface area contributed by atoms with Gasteiger partial charge in [-0.15, -0.1) is 12.4 Å². The van der Waals surface area contributed by atoms with E-state index >= 15 is 0 Å². The molecule has 1 aromatic carbocycles. The van der Waals surface area contributed by atoms with Crippen molar-refractivity contribution in [2.24, 2.45) is 0 Å². The van der Waals surface area contributed by atoms with E-state index in [0.717, 1.165) is 41.3 Å². The highest BCUT2D eigenvalue weighted by atomic mass is 35.5. The van der Waals surface area contributed by atoms with E-state index in [0.29, 0.717) is 13.2 Å².